The van der Waals surface area contributed by atoms with Crippen LogP contribution in [0, 0.1) is 0 Å². The Morgan fingerprint density at radius 3 is 2.52 bits per heavy atom. The second-order valence-electron chi connectivity index (χ2n) is 4.99. The number of aromatic nitrogens is 1. The molecule has 0 fully saturated rings. The van der Waals surface area contributed by atoms with Gasteiger partial charge in [-0.25, -0.2) is 9.69 Å². The molecule has 23 heavy (non-hydrogen) atoms. The smallest absolute Gasteiger partial charge is 0.417 e. The molecule has 6 heteroatoms. The molecule has 1 heterocycles. The van der Waals surface area contributed by atoms with Gasteiger partial charge in [-0.15, -0.1) is 0 Å². The Labute approximate surface area is 131 Å². The topological polar surface area (TPSA) is 93.6 Å². The molecule has 3 N–H and O–H groups in total. The summed E-state index contributed by atoms with van der Waals surface area (Å²) in [6.07, 6.45) is -1.18. The SMILES string of the molecule is O=C(CO)c1cccc(N(C(=O)O)c2cc3ccccc3[nH]2)c1. The van der Waals surface area contributed by atoms with Gasteiger partial charge in [0.15, 0.2) is 5.78 Å². The first-order chi connectivity index (χ1) is 11.1. The average Bonchev–Trinajstić information content (AvgIpc) is 2.97. The van der Waals surface area contributed by atoms with Gasteiger partial charge in [-0.3, -0.25) is 4.79 Å². The van der Waals surface area contributed by atoms with E-state index in [9.17, 15) is 14.7 Å². The summed E-state index contributed by atoms with van der Waals surface area (Å²) < 4.78 is 0. The number of Topliss-reactive ketones (excluding diaryl/α,β-unsaturated/α-hetero) is 1. The third-order valence-corrected chi connectivity index (χ3v) is 3.52. The molecular weight excluding hydrogens is 296 g/mol. The van der Waals surface area contributed by atoms with Gasteiger partial charge in [0.2, 0.25) is 0 Å². The van der Waals surface area contributed by atoms with Gasteiger partial charge in [0.1, 0.15) is 12.4 Å². The molecular formula is C17H14N2O4. The normalized spacial score (nSPS) is 10.7. The number of carboxylic acid groups (broad SMARTS) is 1. The molecule has 6 nitrogen and oxygen atoms in total. The standard InChI is InChI=1S/C17H14N2O4/c20-10-15(21)12-5-3-6-13(8-12)19(17(22)23)16-9-11-4-1-2-7-14(11)18-16/h1-9,18,20H,10H2,(H,22,23). The van der Waals surface area contributed by atoms with E-state index in [-0.39, 0.29) is 5.56 Å². The lowest BCUT2D eigenvalue weighted by molar-refractivity contribution is 0.0903. The predicted molar refractivity (Wildman–Crippen MR) is 86.3 cm³/mol. The number of rotatable bonds is 4. The van der Waals surface area contributed by atoms with Crippen LogP contribution in [-0.2, 0) is 0 Å². The second kappa shape index (κ2) is 5.94. The van der Waals surface area contributed by atoms with Crippen molar-refractivity contribution in [1.29, 1.82) is 0 Å². The highest BCUT2D eigenvalue weighted by atomic mass is 16.4. The summed E-state index contributed by atoms with van der Waals surface area (Å²) in [7, 11) is 0. The third-order valence-electron chi connectivity index (χ3n) is 3.52. The molecule has 0 spiro atoms. The number of benzene rings is 2. The van der Waals surface area contributed by atoms with Gasteiger partial charge in [0.05, 0.1) is 5.69 Å². The number of nitrogens with one attached hydrogen (secondary N) is 1. The van der Waals surface area contributed by atoms with Crippen molar-refractivity contribution in [3.63, 3.8) is 0 Å². The number of fused-ring (bicyclic) bond motifs is 1. The zero-order valence-electron chi connectivity index (χ0n) is 12.1. The van der Waals surface area contributed by atoms with Crippen LogP contribution in [0.1, 0.15) is 10.4 Å². The fourth-order valence-electron chi connectivity index (χ4n) is 2.44. The van der Waals surface area contributed by atoms with Crippen molar-refractivity contribution in [2.24, 2.45) is 0 Å². The number of nitrogens with zero attached hydrogens (tertiary/aromatic N) is 1. The average molecular weight is 310 g/mol. The van der Waals surface area contributed by atoms with E-state index >= 15 is 0 Å². The van der Waals surface area contributed by atoms with Gasteiger partial charge < -0.3 is 15.2 Å². The molecule has 0 aliphatic carbocycles. The van der Waals surface area contributed by atoms with Crippen molar-refractivity contribution >= 4 is 34.3 Å². The van der Waals surface area contributed by atoms with E-state index in [1.165, 1.54) is 12.1 Å². The van der Waals surface area contributed by atoms with Crippen LogP contribution in [0.3, 0.4) is 0 Å². The summed E-state index contributed by atoms with van der Waals surface area (Å²) in [5, 5.41) is 19.4. The Hall–Kier alpha value is -3.12. The highest BCUT2D eigenvalue weighted by Gasteiger charge is 2.20. The molecule has 0 unspecified atom stereocenters. The van der Waals surface area contributed by atoms with Gasteiger partial charge in [-0.2, -0.15) is 0 Å². The molecule has 3 aromatic rings. The number of aliphatic hydroxyl groups excluding tert-OH is 1. The molecule has 0 aliphatic rings. The Kier molecular flexibility index (Phi) is 3.82. The monoisotopic (exact) mass is 310 g/mol. The molecule has 0 radical (unpaired) electrons. The van der Waals surface area contributed by atoms with Crippen molar-refractivity contribution in [1.82, 2.24) is 4.98 Å². The quantitative estimate of drug-likeness (QED) is 0.645. The van der Waals surface area contributed by atoms with E-state index in [0.29, 0.717) is 11.5 Å². The predicted octanol–water partition coefficient (Wildman–Crippen LogP) is 3.16. The van der Waals surface area contributed by atoms with Crippen LogP contribution < -0.4 is 4.90 Å². The number of carbonyl (C=O) groups excluding carboxylic acids is 1. The van der Waals surface area contributed by atoms with E-state index in [2.05, 4.69) is 4.98 Å². The van der Waals surface area contributed by atoms with Crippen LogP contribution in [0.5, 0.6) is 0 Å². The van der Waals surface area contributed by atoms with Crippen molar-refractivity contribution in [3.8, 4) is 0 Å². The first-order valence-corrected chi connectivity index (χ1v) is 6.95. The van der Waals surface area contributed by atoms with E-state index < -0.39 is 18.5 Å². The highest BCUT2D eigenvalue weighted by Crippen LogP contribution is 2.29. The maximum Gasteiger partial charge on any atom is 0.417 e. The third kappa shape index (κ3) is 2.79. The van der Waals surface area contributed by atoms with Gasteiger partial charge in [-0.05, 0) is 24.3 Å². The molecule has 3 rings (SSSR count). The summed E-state index contributed by atoms with van der Waals surface area (Å²) in [5.74, 6) is -0.0823. The van der Waals surface area contributed by atoms with Gasteiger partial charge in [0, 0.05) is 16.5 Å². The minimum absolute atomic E-state index is 0.257. The van der Waals surface area contributed by atoms with Crippen molar-refractivity contribution in [3.05, 3.63) is 60.2 Å². The zero-order valence-corrected chi connectivity index (χ0v) is 12.1. The number of H-pyrrole nitrogens is 1. The molecule has 1 amide bonds. The lowest BCUT2D eigenvalue weighted by Crippen LogP contribution is -2.24. The van der Waals surface area contributed by atoms with E-state index in [1.807, 2.05) is 24.3 Å². The lowest BCUT2D eigenvalue weighted by Gasteiger charge is -2.18. The molecule has 0 atom stereocenters. The molecule has 1 aromatic heterocycles. The first kappa shape index (κ1) is 14.8. The van der Waals surface area contributed by atoms with Crippen LogP contribution in [0.15, 0.2) is 54.6 Å². The van der Waals surface area contributed by atoms with Crippen LogP contribution >= 0.6 is 0 Å². The highest BCUT2D eigenvalue weighted by molar-refractivity contribution is 6.01. The van der Waals surface area contributed by atoms with E-state index in [0.717, 1.165) is 15.8 Å². The largest absolute Gasteiger partial charge is 0.464 e. The Balaban J connectivity index is 2.08. The minimum Gasteiger partial charge on any atom is -0.464 e. The number of carbonyl (C=O) groups is 2. The van der Waals surface area contributed by atoms with E-state index in [4.69, 9.17) is 5.11 Å². The summed E-state index contributed by atoms with van der Waals surface area (Å²) in [6, 6.07) is 15.3. The molecule has 0 saturated carbocycles. The Morgan fingerprint density at radius 2 is 1.83 bits per heavy atom. The maximum atomic E-state index is 11.7. The van der Waals surface area contributed by atoms with Crippen LogP contribution in [0.4, 0.5) is 16.3 Å². The summed E-state index contributed by atoms with van der Waals surface area (Å²) in [4.78, 5) is 27.4. The fourth-order valence-corrected chi connectivity index (χ4v) is 2.44. The number of aromatic amines is 1. The number of amides is 1. The van der Waals surface area contributed by atoms with Crippen LogP contribution in [0.25, 0.3) is 10.9 Å². The van der Waals surface area contributed by atoms with Gasteiger partial charge in [-0.1, -0.05) is 30.3 Å². The van der Waals surface area contributed by atoms with Gasteiger partial charge >= 0.3 is 6.09 Å². The number of anilines is 2. The number of aliphatic hydroxyl groups is 1. The minimum atomic E-state index is -1.18. The summed E-state index contributed by atoms with van der Waals surface area (Å²) >= 11 is 0. The molecule has 2 aromatic carbocycles. The second-order valence-corrected chi connectivity index (χ2v) is 4.99. The van der Waals surface area contributed by atoms with Crippen molar-refractivity contribution < 1.29 is 19.8 Å². The zero-order chi connectivity index (χ0) is 16.4. The number of para-hydroxylation sites is 1. The van der Waals surface area contributed by atoms with Crippen molar-refractivity contribution in [2.45, 2.75) is 0 Å². The first-order valence-electron chi connectivity index (χ1n) is 6.95. The Morgan fingerprint density at radius 1 is 1.04 bits per heavy atom. The summed E-state index contributed by atoms with van der Waals surface area (Å²) in [5.41, 5.74) is 1.40. The van der Waals surface area contributed by atoms with Gasteiger partial charge in [0.25, 0.3) is 0 Å². The molecule has 0 aliphatic heterocycles. The maximum absolute atomic E-state index is 11.7. The lowest BCUT2D eigenvalue weighted by atomic mass is 10.1. The molecule has 0 bridgehead atoms. The fraction of sp³-hybridized carbons (Fsp3) is 0.0588. The Bertz CT molecular complexity index is 852. The molecule has 0 saturated heterocycles. The molecule has 116 valence electrons. The van der Waals surface area contributed by atoms with Crippen molar-refractivity contribution in [2.75, 3.05) is 11.5 Å². The summed E-state index contributed by atoms with van der Waals surface area (Å²) in [6.45, 7) is -0.622. The number of ketones is 1. The number of hydrogen-bond acceptors (Lipinski definition) is 3. The van der Waals surface area contributed by atoms with Crippen LogP contribution in [0.2, 0.25) is 0 Å². The number of hydrogen-bond donors (Lipinski definition) is 3. The van der Waals surface area contributed by atoms with Crippen LogP contribution in [-0.4, -0.2) is 33.7 Å². The van der Waals surface area contributed by atoms with E-state index in [1.54, 1.807) is 18.2 Å².